The number of carbonyl (C=O) groups is 2. The maximum atomic E-state index is 12.1. The van der Waals surface area contributed by atoms with E-state index in [0.717, 1.165) is 6.42 Å². The van der Waals surface area contributed by atoms with Gasteiger partial charge >= 0.3 is 5.97 Å². The van der Waals surface area contributed by atoms with Gasteiger partial charge in [0.15, 0.2) is 6.61 Å². The van der Waals surface area contributed by atoms with Crippen molar-refractivity contribution in [3.8, 4) is 5.75 Å². The monoisotopic (exact) mass is 341 g/mol. The molecular weight excluding hydrogens is 318 g/mol. The summed E-state index contributed by atoms with van der Waals surface area (Å²) in [4.78, 5) is 23.9. The third-order valence-corrected chi connectivity index (χ3v) is 3.72. The molecule has 0 unspecified atom stereocenters. The first kappa shape index (κ1) is 18.5. The van der Waals surface area contributed by atoms with Gasteiger partial charge in [-0.3, -0.25) is 4.79 Å². The van der Waals surface area contributed by atoms with E-state index in [9.17, 15) is 9.59 Å². The van der Waals surface area contributed by atoms with Gasteiger partial charge in [0.05, 0.1) is 6.61 Å². The summed E-state index contributed by atoms with van der Waals surface area (Å²) in [5, 5.41) is 2.76. The minimum Gasteiger partial charge on any atom is -0.493 e. The molecule has 2 aromatic rings. The summed E-state index contributed by atoms with van der Waals surface area (Å²) in [6.45, 7) is 4.51. The van der Waals surface area contributed by atoms with Crippen LogP contribution in [0.3, 0.4) is 0 Å². The number of rotatable bonds is 8. The van der Waals surface area contributed by atoms with Crippen LogP contribution in [0.2, 0.25) is 0 Å². The van der Waals surface area contributed by atoms with Gasteiger partial charge < -0.3 is 14.8 Å². The number of amides is 1. The molecule has 5 nitrogen and oxygen atoms in total. The van der Waals surface area contributed by atoms with Crippen LogP contribution in [0.1, 0.15) is 28.4 Å². The number of benzene rings is 2. The van der Waals surface area contributed by atoms with Gasteiger partial charge in [-0.2, -0.15) is 0 Å². The minimum absolute atomic E-state index is 0.312. The van der Waals surface area contributed by atoms with Crippen LogP contribution in [0.4, 0.5) is 0 Å². The Kier molecular flexibility index (Phi) is 7.01. The first-order chi connectivity index (χ1) is 12.1. The number of esters is 1. The molecule has 5 heteroatoms. The Morgan fingerprint density at radius 1 is 1.04 bits per heavy atom. The lowest BCUT2D eigenvalue weighted by Gasteiger charge is -2.10. The van der Waals surface area contributed by atoms with Crippen molar-refractivity contribution in [3.05, 3.63) is 65.2 Å². The molecule has 0 radical (unpaired) electrons. The van der Waals surface area contributed by atoms with Gasteiger partial charge in [0, 0.05) is 6.54 Å². The molecule has 2 aromatic carbocycles. The van der Waals surface area contributed by atoms with Crippen molar-refractivity contribution in [2.45, 2.75) is 20.3 Å². The van der Waals surface area contributed by atoms with Crippen LogP contribution < -0.4 is 10.1 Å². The number of hydrogen-bond acceptors (Lipinski definition) is 4. The van der Waals surface area contributed by atoms with E-state index in [1.165, 1.54) is 11.1 Å². The predicted octanol–water partition coefficient (Wildman–Crippen LogP) is 2.91. The highest BCUT2D eigenvalue weighted by molar-refractivity contribution is 5.93. The summed E-state index contributed by atoms with van der Waals surface area (Å²) >= 11 is 0. The second-order valence-corrected chi connectivity index (χ2v) is 5.53. The summed E-state index contributed by atoms with van der Waals surface area (Å²) in [6.07, 6.45) is 0.736. The summed E-state index contributed by atoms with van der Waals surface area (Å²) in [7, 11) is 0. The molecule has 0 aromatic heterocycles. The van der Waals surface area contributed by atoms with Crippen molar-refractivity contribution in [1.82, 2.24) is 5.32 Å². The fraction of sp³-hybridized carbons (Fsp3) is 0.300. The smallest absolute Gasteiger partial charge is 0.342 e. The van der Waals surface area contributed by atoms with E-state index in [4.69, 9.17) is 9.47 Å². The minimum atomic E-state index is -0.571. The zero-order valence-corrected chi connectivity index (χ0v) is 14.6. The summed E-state index contributed by atoms with van der Waals surface area (Å²) in [5.74, 6) is -0.441. The quantitative estimate of drug-likeness (QED) is 0.750. The number of nitrogens with one attached hydrogen (secondary N) is 1. The molecular formula is C20H23NO4. The standard InChI is InChI=1S/C20H23NO4/c1-3-24-18-11-7-6-10-17(18)20(23)25-14-19(22)21-13-12-16-9-5-4-8-15(16)2/h4-11H,3,12-14H2,1-2H3,(H,21,22). The highest BCUT2D eigenvalue weighted by atomic mass is 16.5. The van der Waals surface area contributed by atoms with Crippen LogP contribution in [0.5, 0.6) is 5.75 Å². The Labute approximate surface area is 148 Å². The molecule has 0 heterocycles. The lowest BCUT2D eigenvalue weighted by atomic mass is 10.1. The molecule has 1 N–H and O–H groups in total. The maximum Gasteiger partial charge on any atom is 0.342 e. The molecule has 0 saturated heterocycles. The Balaban J connectivity index is 1.78. The van der Waals surface area contributed by atoms with E-state index in [2.05, 4.69) is 5.32 Å². The van der Waals surface area contributed by atoms with E-state index in [0.29, 0.717) is 24.5 Å². The topological polar surface area (TPSA) is 64.6 Å². The van der Waals surface area contributed by atoms with Crippen molar-refractivity contribution in [1.29, 1.82) is 0 Å². The Bertz CT molecular complexity index is 727. The number of para-hydroxylation sites is 1. The number of carbonyl (C=O) groups excluding carboxylic acids is 2. The first-order valence-corrected chi connectivity index (χ1v) is 8.32. The maximum absolute atomic E-state index is 12.1. The highest BCUT2D eigenvalue weighted by Crippen LogP contribution is 2.18. The van der Waals surface area contributed by atoms with Crippen LogP contribution in [0.15, 0.2) is 48.5 Å². The van der Waals surface area contributed by atoms with Gasteiger partial charge in [-0.15, -0.1) is 0 Å². The molecule has 0 aliphatic carbocycles. The molecule has 0 aliphatic rings. The second kappa shape index (κ2) is 9.47. The molecule has 132 valence electrons. The van der Waals surface area contributed by atoms with Crippen LogP contribution in [-0.2, 0) is 16.0 Å². The third kappa shape index (κ3) is 5.64. The van der Waals surface area contributed by atoms with Gasteiger partial charge in [-0.1, -0.05) is 36.4 Å². The third-order valence-electron chi connectivity index (χ3n) is 3.72. The van der Waals surface area contributed by atoms with Crippen molar-refractivity contribution < 1.29 is 19.1 Å². The first-order valence-electron chi connectivity index (χ1n) is 8.32. The van der Waals surface area contributed by atoms with E-state index >= 15 is 0 Å². The van der Waals surface area contributed by atoms with E-state index in [-0.39, 0.29) is 12.5 Å². The lowest BCUT2D eigenvalue weighted by Crippen LogP contribution is -2.30. The van der Waals surface area contributed by atoms with Crippen molar-refractivity contribution >= 4 is 11.9 Å². The van der Waals surface area contributed by atoms with Gasteiger partial charge in [0.25, 0.3) is 5.91 Å². The summed E-state index contributed by atoms with van der Waals surface area (Å²) in [6, 6.07) is 14.8. The van der Waals surface area contributed by atoms with Crippen LogP contribution in [-0.4, -0.2) is 31.6 Å². The fourth-order valence-corrected chi connectivity index (χ4v) is 2.40. The van der Waals surface area contributed by atoms with E-state index < -0.39 is 5.97 Å². The zero-order valence-electron chi connectivity index (χ0n) is 14.6. The highest BCUT2D eigenvalue weighted by Gasteiger charge is 2.14. The SMILES string of the molecule is CCOc1ccccc1C(=O)OCC(=O)NCCc1ccccc1C. The fourth-order valence-electron chi connectivity index (χ4n) is 2.40. The zero-order chi connectivity index (χ0) is 18.1. The predicted molar refractivity (Wildman–Crippen MR) is 95.8 cm³/mol. The molecule has 0 atom stereocenters. The number of aryl methyl sites for hydroxylation is 1. The van der Waals surface area contributed by atoms with Gasteiger partial charge in [0.2, 0.25) is 0 Å². The Hall–Kier alpha value is -2.82. The van der Waals surface area contributed by atoms with Gasteiger partial charge in [-0.05, 0) is 43.5 Å². The molecule has 0 aliphatic heterocycles. The molecule has 0 saturated carbocycles. The van der Waals surface area contributed by atoms with Crippen LogP contribution in [0.25, 0.3) is 0 Å². The summed E-state index contributed by atoms with van der Waals surface area (Å²) in [5.41, 5.74) is 2.69. The van der Waals surface area contributed by atoms with Crippen LogP contribution in [0, 0.1) is 6.92 Å². The second-order valence-electron chi connectivity index (χ2n) is 5.53. The van der Waals surface area contributed by atoms with Gasteiger partial charge in [0.1, 0.15) is 11.3 Å². The molecule has 0 spiro atoms. The van der Waals surface area contributed by atoms with Crippen molar-refractivity contribution in [3.63, 3.8) is 0 Å². The average molecular weight is 341 g/mol. The molecule has 0 bridgehead atoms. The Morgan fingerprint density at radius 3 is 2.52 bits per heavy atom. The molecule has 25 heavy (non-hydrogen) atoms. The molecule has 0 fully saturated rings. The average Bonchev–Trinajstić information content (AvgIpc) is 2.62. The largest absolute Gasteiger partial charge is 0.493 e. The van der Waals surface area contributed by atoms with Gasteiger partial charge in [-0.25, -0.2) is 4.79 Å². The number of hydrogen-bond donors (Lipinski definition) is 1. The van der Waals surface area contributed by atoms with E-state index in [1.807, 2.05) is 38.1 Å². The Morgan fingerprint density at radius 2 is 1.76 bits per heavy atom. The lowest BCUT2D eigenvalue weighted by molar-refractivity contribution is -0.124. The summed E-state index contributed by atoms with van der Waals surface area (Å²) < 4.78 is 10.5. The number of ether oxygens (including phenoxy) is 2. The van der Waals surface area contributed by atoms with Crippen molar-refractivity contribution in [2.24, 2.45) is 0 Å². The molecule has 2 rings (SSSR count). The molecule has 1 amide bonds. The van der Waals surface area contributed by atoms with E-state index in [1.54, 1.807) is 24.3 Å². The normalized spacial score (nSPS) is 10.2. The van der Waals surface area contributed by atoms with Crippen LogP contribution >= 0.6 is 0 Å². The van der Waals surface area contributed by atoms with Crippen molar-refractivity contribution in [2.75, 3.05) is 19.8 Å².